The van der Waals surface area contributed by atoms with E-state index >= 15 is 0 Å². The first kappa shape index (κ1) is 23.5. The number of piperidine rings is 1. The Balaban J connectivity index is 1.18. The van der Waals surface area contributed by atoms with Crippen molar-refractivity contribution in [3.05, 3.63) is 41.3 Å². The molecule has 0 saturated carbocycles. The fourth-order valence-corrected chi connectivity index (χ4v) is 7.00. The summed E-state index contributed by atoms with van der Waals surface area (Å²) < 4.78 is 13.5. The molecule has 0 aliphatic carbocycles. The lowest BCUT2D eigenvalue weighted by Crippen LogP contribution is -2.45. The molecule has 0 spiro atoms. The van der Waals surface area contributed by atoms with Gasteiger partial charge < -0.3 is 19.5 Å². The highest BCUT2D eigenvalue weighted by molar-refractivity contribution is 5.82. The number of rotatable bonds is 5. The van der Waals surface area contributed by atoms with Crippen LogP contribution < -0.4 is 4.90 Å². The maximum atomic E-state index is 9.90. The lowest BCUT2D eigenvalue weighted by molar-refractivity contribution is -0.0375. The van der Waals surface area contributed by atoms with Gasteiger partial charge in [-0.05, 0) is 75.4 Å². The van der Waals surface area contributed by atoms with E-state index in [1.807, 2.05) is 23.9 Å². The molecule has 196 valence electrons. The average molecular weight is 505 g/mol. The van der Waals surface area contributed by atoms with Gasteiger partial charge in [-0.2, -0.15) is 5.10 Å². The number of aromatic nitrogens is 4. The molecule has 9 nitrogen and oxygen atoms in total. The number of hydrogen-bond donors (Lipinski definition) is 1. The largest absolute Gasteiger partial charge is 0.393 e. The topological polar surface area (TPSA) is 88.8 Å². The highest BCUT2D eigenvalue weighted by atomic mass is 16.5. The van der Waals surface area contributed by atoms with Gasteiger partial charge in [-0.3, -0.25) is 4.90 Å². The van der Waals surface area contributed by atoms with Gasteiger partial charge in [-0.15, -0.1) is 0 Å². The summed E-state index contributed by atoms with van der Waals surface area (Å²) in [6.07, 6.45) is 6.30. The number of nitrogens with zero attached hydrogens (tertiary/aromatic N) is 6. The molecule has 7 rings (SSSR count). The number of hydrogen-bond acceptors (Lipinski definition) is 8. The molecule has 2 aromatic heterocycles. The summed E-state index contributed by atoms with van der Waals surface area (Å²) in [7, 11) is 0. The maximum absolute atomic E-state index is 9.90. The Morgan fingerprint density at radius 2 is 1.86 bits per heavy atom. The number of ether oxygens (including phenoxy) is 2. The van der Waals surface area contributed by atoms with E-state index in [4.69, 9.17) is 24.5 Å². The summed E-state index contributed by atoms with van der Waals surface area (Å²) in [5.74, 6) is 2.94. The predicted octanol–water partition coefficient (Wildman–Crippen LogP) is 2.74. The van der Waals surface area contributed by atoms with Crippen molar-refractivity contribution in [3.8, 4) is 5.82 Å². The maximum Gasteiger partial charge on any atom is 0.159 e. The Labute approximate surface area is 217 Å². The molecule has 4 saturated heterocycles. The molecule has 1 aromatic carbocycles. The second kappa shape index (κ2) is 9.01. The molecule has 4 aliphatic heterocycles. The normalized spacial score (nSPS) is 28.7. The van der Waals surface area contributed by atoms with E-state index in [0.717, 1.165) is 55.3 Å². The van der Waals surface area contributed by atoms with E-state index in [0.29, 0.717) is 30.9 Å². The van der Waals surface area contributed by atoms with Gasteiger partial charge >= 0.3 is 0 Å². The third-order valence-electron chi connectivity index (χ3n) is 9.05. The number of anilines is 1. The summed E-state index contributed by atoms with van der Waals surface area (Å²) in [4.78, 5) is 14.4. The zero-order valence-electron chi connectivity index (χ0n) is 21.8. The van der Waals surface area contributed by atoms with Gasteiger partial charge in [0.2, 0.25) is 0 Å². The van der Waals surface area contributed by atoms with Gasteiger partial charge in [0.25, 0.3) is 0 Å². The Bertz CT molecular complexity index is 1310. The van der Waals surface area contributed by atoms with Crippen LogP contribution in [-0.4, -0.2) is 93.5 Å². The highest BCUT2D eigenvalue weighted by Gasteiger charge is 2.51. The van der Waals surface area contributed by atoms with Crippen LogP contribution in [0, 0.1) is 13.8 Å². The smallest absolute Gasteiger partial charge is 0.159 e. The van der Waals surface area contributed by atoms with Gasteiger partial charge in [0.15, 0.2) is 5.82 Å². The van der Waals surface area contributed by atoms with Gasteiger partial charge in [-0.25, -0.2) is 14.6 Å². The van der Waals surface area contributed by atoms with E-state index in [1.165, 1.54) is 30.4 Å². The monoisotopic (exact) mass is 504 g/mol. The number of aliphatic hydroxyl groups is 1. The number of likely N-dealkylation sites (tertiary alicyclic amines) is 1. The Kier molecular flexibility index (Phi) is 5.73. The Morgan fingerprint density at radius 1 is 1.03 bits per heavy atom. The zero-order chi connectivity index (χ0) is 25.1. The van der Waals surface area contributed by atoms with Crippen molar-refractivity contribution >= 4 is 16.7 Å². The van der Waals surface area contributed by atoms with Crippen molar-refractivity contribution in [2.24, 2.45) is 0 Å². The van der Waals surface area contributed by atoms with Crippen LogP contribution in [0.5, 0.6) is 0 Å². The minimum atomic E-state index is -0.463. The number of fused-ring (bicyclic) bond motifs is 3. The SMILES string of the molecule is Cc1nc(N2C[C@@]3(CO)C[C@@H]2CO3)cc(-n2ncc3cc(C)c(C4CCN(C5CCOC5)CC4)cc32)n1. The van der Waals surface area contributed by atoms with Crippen LogP contribution in [0.4, 0.5) is 5.82 Å². The van der Waals surface area contributed by atoms with Crippen LogP contribution in [0.3, 0.4) is 0 Å². The molecule has 6 heterocycles. The minimum Gasteiger partial charge on any atom is -0.393 e. The van der Waals surface area contributed by atoms with Crippen molar-refractivity contribution in [2.45, 2.75) is 63.1 Å². The Hall–Kier alpha value is -2.59. The molecule has 2 bridgehead atoms. The van der Waals surface area contributed by atoms with Crippen LogP contribution in [0.2, 0.25) is 0 Å². The van der Waals surface area contributed by atoms with Crippen molar-refractivity contribution in [1.82, 2.24) is 24.6 Å². The molecule has 4 aliphatic rings. The van der Waals surface area contributed by atoms with E-state index in [1.54, 1.807) is 0 Å². The minimum absolute atomic E-state index is 0.0379. The predicted molar refractivity (Wildman–Crippen MR) is 140 cm³/mol. The fraction of sp³-hybridized carbons (Fsp3) is 0.607. The second-order valence-corrected chi connectivity index (χ2v) is 11.4. The van der Waals surface area contributed by atoms with E-state index in [2.05, 4.69) is 28.9 Å². The van der Waals surface area contributed by atoms with Crippen LogP contribution in [0.1, 0.15) is 48.6 Å². The summed E-state index contributed by atoms with van der Waals surface area (Å²) in [5.41, 5.74) is 3.40. The first-order valence-corrected chi connectivity index (χ1v) is 13.7. The summed E-state index contributed by atoms with van der Waals surface area (Å²) >= 11 is 0. The number of morpholine rings is 1. The molecule has 4 fully saturated rings. The molecule has 3 aromatic rings. The third kappa shape index (κ3) is 4.03. The fourth-order valence-electron chi connectivity index (χ4n) is 7.00. The molecule has 1 unspecified atom stereocenters. The van der Waals surface area contributed by atoms with Crippen molar-refractivity contribution in [2.75, 3.05) is 51.0 Å². The number of benzene rings is 1. The summed E-state index contributed by atoms with van der Waals surface area (Å²) in [6.45, 7) is 9.56. The van der Waals surface area contributed by atoms with Crippen LogP contribution in [0.25, 0.3) is 16.7 Å². The van der Waals surface area contributed by atoms with Crippen molar-refractivity contribution in [1.29, 1.82) is 0 Å². The molecule has 0 radical (unpaired) electrons. The number of aryl methyl sites for hydroxylation is 2. The molecule has 9 heteroatoms. The van der Waals surface area contributed by atoms with E-state index in [9.17, 15) is 5.11 Å². The standard InChI is InChI=1S/C28H36N6O3/c1-18-9-21-13-29-34(25(21)10-24(18)20-3-6-32(7-4-20)22-5-8-36-14-22)27-11-26(30-19(2)31-27)33-16-28(17-35)12-23(33)15-37-28/h9-11,13,20,22-23,35H,3-8,12,14-17H2,1-2H3/t22?,23-,28-/m1/s1. The first-order chi connectivity index (χ1) is 18.0. The third-order valence-corrected chi connectivity index (χ3v) is 9.05. The first-order valence-electron chi connectivity index (χ1n) is 13.7. The second-order valence-electron chi connectivity index (χ2n) is 11.4. The van der Waals surface area contributed by atoms with Gasteiger partial charge in [0.05, 0.1) is 44.1 Å². The number of aliphatic hydroxyl groups excluding tert-OH is 1. The van der Waals surface area contributed by atoms with Crippen molar-refractivity contribution < 1.29 is 14.6 Å². The molecular weight excluding hydrogens is 468 g/mol. The lowest BCUT2D eigenvalue weighted by Gasteiger charge is -2.36. The van der Waals surface area contributed by atoms with Gasteiger partial charge in [0.1, 0.15) is 17.2 Å². The highest BCUT2D eigenvalue weighted by Crippen LogP contribution is 2.40. The molecule has 3 atom stereocenters. The summed E-state index contributed by atoms with van der Waals surface area (Å²) in [5, 5.41) is 15.8. The van der Waals surface area contributed by atoms with Crippen LogP contribution in [-0.2, 0) is 9.47 Å². The van der Waals surface area contributed by atoms with Crippen LogP contribution >= 0.6 is 0 Å². The molecule has 0 amide bonds. The lowest BCUT2D eigenvalue weighted by atomic mass is 9.86. The zero-order valence-corrected chi connectivity index (χ0v) is 21.8. The van der Waals surface area contributed by atoms with Gasteiger partial charge in [0, 0.05) is 30.5 Å². The average Bonchev–Trinajstić information content (AvgIpc) is 3.72. The summed E-state index contributed by atoms with van der Waals surface area (Å²) in [6, 6.07) is 7.50. The quantitative estimate of drug-likeness (QED) is 0.568. The van der Waals surface area contributed by atoms with Gasteiger partial charge in [-0.1, -0.05) is 0 Å². The van der Waals surface area contributed by atoms with Crippen molar-refractivity contribution in [3.63, 3.8) is 0 Å². The molecule has 1 N–H and O–H groups in total. The van der Waals surface area contributed by atoms with Crippen LogP contribution in [0.15, 0.2) is 24.4 Å². The Morgan fingerprint density at radius 3 is 2.62 bits per heavy atom. The molecular formula is C28H36N6O3. The molecule has 37 heavy (non-hydrogen) atoms. The van der Waals surface area contributed by atoms with E-state index in [-0.39, 0.29) is 12.6 Å². The van der Waals surface area contributed by atoms with E-state index < -0.39 is 5.60 Å².